The molecule has 0 aliphatic heterocycles. The van der Waals surface area contributed by atoms with Crippen LogP contribution >= 0.6 is 0 Å². The van der Waals surface area contributed by atoms with Gasteiger partial charge in [0.2, 0.25) is 0 Å². The van der Waals surface area contributed by atoms with Crippen molar-refractivity contribution in [1.82, 2.24) is 0 Å². The van der Waals surface area contributed by atoms with E-state index in [0.717, 1.165) is 12.8 Å². The number of carboxylic acid groups (broad SMARTS) is 1. The molecule has 2 aliphatic rings. The summed E-state index contributed by atoms with van der Waals surface area (Å²) < 4.78 is 0. The molecule has 0 radical (unpaired) electrons. The molecule has 2 nitrogen and oxygen atoms in total. The third-order valence-corrected chi connectivity index (χ3v) is 2.90. The molecule has 0 saturated carbocycles. The lowest BCUT2D eigenvalue weighted by molar-refractivity contribution is -0.132. The van der Waals surface area contributed by atoms with E-state index in [1.165, 1.54) is 24.0 Å². The molecule has 0 aromatic carbocycles. The molecule has 0 spiro atoms. The van der Waals surface area contributed by atoms with Crippen LogP contribution in [-0.4, -0.2) is 11.1 Å². The van der Waals surface area contributed by atoms with E-state index in [1.54, 1.807) is 6.08 Å². The molecule has 0 aromatic heterocycles. The second kappa shape index (κ2) is 3.82. The predicted molar refractivity (Wildman–Crippen MR) is 55.0 cm³/mol. The van der Waals surface area contributed by atoms with Gasteiger partial charge >= 0.3 is 5.97 Å². The molecule has 0 amide bonds. The minimum Gasteiger partial charge on any atom is -0.478 e. The molecule has 2 aliphatic carbocycles. The van der Waals surface area contributed by atoms with Gasteiger partial charge in [0.1, 0.15) is 0 Å². The van der Waals surface area contributed by atoms with Gasteiger partial charge in [-0.25, -0.2) is 4.79 Å². The fraction of sp³-hybridized carbons (Fsp3) is 0.417. The van der Waals surface area contributed by atoms with Crippen LogP contribution < -0.4 is 0 Å². The highest BCUT2D eigenvalue weighted by atomic mass is 16.4. The van der Waals surface area contributed by atoms with Crippen molar-refractivity contribution in [3.05, 3.63) is 34.9 Å². The maximum Gasteiger partial charge on any atom is 0.331 e. The van der Waals surface area contributed by atoms with E-state index in [-0.39, 0.29) is 0 Å². The van der Waals surface area contributed by atoms with Crippen molar-refractivity contribution in [2.75, 3.05) is 0 Å². The first-order valence-electron chi connectivity index (χ1n) is 5.09. The number of rotatable bonds is 1. The number of allylic oxidation sites excluding steroid dienone is 5. The first-order valence-corrected chi connectivity index (χ1v) is 5.09. The van der Waals surface area contributed by atoms with E-state index < -0.39 is 5.97 Å². The fourth-order valence-corrected chi connectivity index (χ4v) is 2.11. The Morgan fingerprint density at radius 1 is 1.29 bits per heavy atom. The average molecular weight is 190 g/mol. The highest BCUT2D eigenvalue weighted by molar-refractivity contribution is 5.87. The Kier molecular flexibility index (Phi) is 2.53. The fourth-order valence-electron chi connectivity index (χ4n) is 2.11. The molecule has 2 heteroatoms. The molecule has 0 atom stereocenters. The molecule has 0 saturated heterocycles. The molecule has 2 rings (SSSR count). The van der Waals surface area contributed by atoms with Crippen LogP contribution in [0.4, 0.5) is 0 Å². The molecular weight excluding hydrogens is 176 g/mol. The Hall–Kier alpha value is -1.31. The van der Waals surface area contributed by atoms with Gasteiger partial charge in [0.15, 0.2) is 0 Å². The van der Waals surface area contributed by atoms with Crippen LogP contribution in [0.3, 0.4) is 0 Å². The monoisotopic (exact) mass is 190 g/mol. The summed E-state index contributed by atoms with van der Waals surface area (Å²) in [6.45, 7) is 0. The first kappa shape index (κ1) is 9.25. The maximum atomic E-state index is 10.9. The summed E-state index contributed by atoms with van der Waals surface area (Å²) in [5.74, 6) is -0.783. The lowest BCUT2D eigenvalue weighted by Gasteiger charge is -2.17. The van der Waals surface area contributed by atoms with E-state index in [1.807, 2.05) is 6.08 Å². The van der Waals surface area contributed by atoms with Crippen molar-refractivity contribution < 1.29 is 9.90 Å². The van der Waals surface area contributed by atoms with Crippen LogP contribution in [0, 0.1) is 0 Å². The molecule has 74 valence electrons. The lowest BCUT2D eigenvalue weighted by Crippen LogP contribution is -2.04. The van der Waals surface area contributed by atoms with Crippen molar-refractivity contribution >= 4 is 5.97 Å². The van der Waals surface area contributed by atoms with E-state index in [0.29, 0.717) is 12.0 Å². The van der Waals surface area contributed by atoms with E-state index >= 15 is 0 Å². The van der Waals surface area contributed by atoms with Gasteiger partial charge in [-0.05, 0) is 31.3 Å². The highest BCUT2D eigenvalue weighted by Crippen LogP contribution is 2.31. The second-order valence-corrected chi connectivity index (χ2v) is 3.87. The number of hydrogen-bond acceptors (Lipinski definition) is 1. The molecular formula is C12H14O2. The maximum absolute atomic E-state index is 10.9. The SMILES string of the molecule is O=C(O)C1=CC=CC2=C(CCCC2)C1. The van der Waals surface area contributed by atoms with E-state index in [4.69, 9.17) is 5.11 Å². The van der Waals surface area contributed by atoms with Crippen molar-refractivity contribution in [3.63, 3.8) is 0 Å². The van der Waals surface area contributed by atoms with E-state index in [2.05, 4.69) is 6.08 Å². The number of aliphatic carboxylic acids is 1. The summed E-state index contributed by atoms with van der Waals surface area (Å²) in [6.07, 6.45) is 10.9. The summed E-state index contributed by atoms with van der Waals surface area (Å²) in [5, 5.41) is 8.93. The topological polar surface area (TPSA) is 37.3 Å². The van der Waals surface area contributed by atoms with Crippen LogP contribution in [-0.2, 0) is 4.79 Å². The van der Waals surface area contributed by atoms with Gasteiger partial charge in [0, 0.05) is 12.0 Å². The molecule has 14 heavy (non-hydrogen) atoms. The molecule has 0 heterocycles. The van der Waals surface area contributed by atoms with Crippen LogP contribution in [0.25, 0.3) is 0 Å². The summed E-state index contributed by atoms with van der Waals surface area (Å²) in [4.78, 5) is 10.9. The van der Waals surface area contributed by atoms with Gasteiger partial charge in [-0.2, -0.15) is 0 Å². The minimum atomic E-state index is -0.783. The normalized spacial score (nSPS) is 21.3. The van der Waals surface area contributed by atoms with Gasteiger partial charge in [0.05, 0.1) is 0 Å². The van der Waals surface area contributed by atoms with Gasteiger partial charge in [-0.3, -0.25) is 0 Å². The van der Waals surface area contributed by atoms with Crippen molar-refractivity contribution in [1.29, 1.82) is 0 Å². The zero-order valence-electron chi connectivity index (χ0n) is 8.12. The zero-order valence-corrected chi connectivity index (χ0v) is 8.12. The average Bonchev–Trinajstić information content (AvgIpc) is 2.39. The highest BCUT2D eigenvalue weighted by Gasteiger charge is 2.16. The molecule has 0 unspecified atom stereocenters. The van der Waals surface area contributed by atoms with Crippen molar-refractivity contribution in [2.24, 2.45) is 0 Å². The van der Waals surface area contributed by atoms with Gasteiger partial charge < -0.3 is 5.11 Å². The first-order chi connectivity index (χ1) is 6.77. The van der Waals surface area contributed by atoms with Crippen molar-refractivity contribution in [2.45, 2.75) is 32.1 Å². The molecule has 1 N–H and O–H groups in total. The Bertz CT molecular complexity index is 345. The predicted octanol–water partition coefficient (Wildman–Crippen LogP) is 2.83. The van der Waals surface area contributed by atoms with Crippen LogP contribution in [0.5, 0.6) is 0 Å². The quantitative estimate of drug-likeness (QED) is 0.690. The van der Waals surface area contributed by atoms with Crippen LogP contribution in [0.2, 0.25) is 0 Å². The summed E-state index contributed by atoms with van der Waals surface area (Å²) in [7, 11) is 0. The molecule has 0 bridgehead atoms. The second-order valence-electron chi connectivity index (χ2n) is 3.87. The summed E-state index contributed by atoms with van der Waals surface area (Å²) >= 11 is 0. The van der Waals surface area contributed by atoms with Crippen LogP contribution in [0.15, 0.2) is 34.9 Å². The number of hydrogen-bond donors (Lipinski definition) is 1. The van der Waals surface area contributed by atoms with Crippen LogP contribution in [0.1, 0.15) is 32.1 Å². The number of carboxylic acids is 1. The Balaban J connectivity index is 2.26. The third kappa shape index (κ3) is 1.79. The van der Waals surface area contributed by atoms with E-state index in [9.17, 15) is 4.79 Å². The van der Waals surface area contributed by atoms with Gasteiger partial charge in [-0.15, -0.1) is 0 Å². The third-order valence-electron chi connectivity index (χ3n) is 2.90. The van der Waals surface area contributed by atoms with Gasteiger partial charge in [0.25, 0.3) is 0 Å². The van der Waals surface area contributed by atoms with Crippen molar-refractivity contribution in [3.8, 4) is 0 Å². The Morgan fingerprint density at radius 2 is 2.07 bits per heavy atom. The molecule has 0 aromatic rings. The zero-order chi connectivity index (χ0) is 9.97. The summed E-state index contributed by atoms with van der Waals surface area (Å²) in [5.41, 5.74) is 3.22. The van der Waals surface area contributed by atoms with Gasteiger partial charge in [-0.1, -0.05) is 23.8 Å². The summed E-state index contributed by atoms with van der Waals surface area (Å²) in [6, 6.07) is 0. The lowest BCUT2D eigenvalue weighted by atomic mass is 9.89. The Morgan fingerprint density at radius 3 is 2.86 bits per heavy atom. The molecule has 0 fully saturated rings. The Labute approximate surface area is 83.6 Å². The standard InChI is InChI=1S/C12H14O2/c13-12(14)11-7-3-6-9-4-1-2-5-10(9)8-11/h3,6-7H,1-2,4-5,8H2,(H,13,14). The minimum absolute atomic E-state index is 0.521. The number of carbonyl (C=O) groups is 1. The largest absolute Gasteiger partial charge is 0.478 e. The smallest absolute Gasteiger partial charge is 0.331 e.